The van der Waals surface area contributed by atoms with Crippen LogP contribution in [0.4, 0.5) is 0 Å². The van der Waals surface area contributed by atoms with Crippen LogP contribution < -0.4 is 5.73 Å². The van der Waals surface area contributed by atoms with Gasteiger partial charge in [-0.2, -0.15) is 0 Å². The minimum absolute atomic E-state index is 0.00660. The van der Waals surface area contributed by atoms with Gasteiger partial charge in [-0.15, -0.1) is 10.2 Å². The second-order valence-corrected chi connectivity index (χ2v) is 7.36. The largest absolute Gasteiger partial charge is 0.324 e. The Bertz CT molecular complexity index is 639. The third kappa shape index (κ3) is 3.33. The monoisotopic (exact) mass is 366 g/mol. The number of halogens is 1. The molecule has 1 aromatic carbocycles. The molecule has 1 atom stereocenters. The molecule has 1 aliphatic heterocycles. The van der Waals surface area contributed by atoms with Crippen LogP contribution in [0, 0.1) is 0 Å². The van der Waals surface area contributed by atoms with Gasteiger partial charge in [0.25, 0.3) is 0 Å². The first-order chi connectivity index (χ1) is 10.1. The first-order valence-corrected chi connectivity index (χ1v) is 8.91. The maximum Gasteiger partial charge on any atom is 0.196 e. The average Bonchev–Trinajstić information content (AvgIpc) is 2.68. The Morgan fingerprint density at radius 3 is 2.95 bits per heavy atom. The van der Waals surface area contributed by atoms with Crippen LogP contribution in [0.25, 0.3) is 0 Å². The van der Waals surface area contributed by atoms with Crippen molar-refractivity contribution in [2.75, 3.05) is 0 Å². The van der Waals surface area contributed by atoms with Crippen LogP contribution in [0.5, 0.6) is 0 Å². The highest BCUT2D eigenvalue weighted by Crippen LogP contribution is 2.34. The highest BCUT2D eigenvalue weighted by molar-refractivity contribution is 9.10. The molecule has 112 valence electrons. The molecule has 0 saturated heterocycles. The first-order valence-electron chi connectivity index (χ1n) is 7.30. The van der Waals surface area contributed by atoms with Crippen molar-refractivity contribution in [2.45, 2.75) is 55.2 Å². The fourth-order valence-electron chi connectivity index (χ4n) is 2.60. The molecule has 4 nitrogen and oxygen atoms in total. The second-order valence-electron chi connectivity index (χ2n) is 5.43. The van der Waals surface area contributed by atoms with Crippen molar-refractivity contribution in [1.29, 1.82) is 0 Å². The predicted octanol–water partition coefficient (Wildman–Crippen LogP) is 3.94. The molecule has 2 aromatic rings. The highest BCUT2D eigenvalue weighted by Gasteiger charge is 2.17. The standard InChI is InChI=1S/C15H19BrN4S/c1-10(17)12-7-6-11(16)9-13(12)21-15-19-18-14-5-3-2-4-8-20(14)15/h6-7,9-10H,2-5,8,17H2,1H3. The Balaban J connectivity index is 1.94. The van der Waals surface area contributed by atoms with Crippen molar-refractivity contribution in [2.24, 2.45) is 5.73 Å². The van der Waals surface area contributed by atoms with E-state index >= 15 is 0 Å². The number of nitrogens with two attached hydrogens (primary N) is 1. The Morgan fingerprint density at radius 2 is 2.14 bits per heavy atom. The number of benzene rings is 1. The van der Waals surface area contributed by atoms with E-state index in [0.717, 1.165) is 38.9 Å². The molecule has 1 aliphatic rings. The van der Waals surface area contributed by atoms with Crippen molar-refractivity contribution in [3.63, 3.8) is 0 Å². The van der Waals surface area contributed by atoms with Crippen molar-refractivity contribution in [3.8, 4) is 0 Å². The number of hydrogen-bond donors (Lipinski definition) is 1. The summed E-state index contributed by atoms with van der Waals surface area (Å²) < 4.78 is 3.33. The lowest BCUT2D eigenvalue weighted by molar-refractivity contribution is 0.591. The van der Waals surface area contributed by atoms with Gasteiger partial charge in [0.15, 0.2) is 5.16 Å². The maximum absolute atomic E-state index is 6.08. The number of aromatic nitrogens is 3. The second kappa shape index (κ2) is 6.50. The van der Waals surface area contributed by atoms with Gasteiger partial charge in [0.1, 0.15) is 5.82 Å². The minimum Gasteiger partial charge on any atom is -0.324 e. The lowest BCUT2D eigenvalue weighted by Gasteiger charge is -2.13. The van der Waals surface area contributed by atoms with Crippen LogP contribution in [0.3, 0.4) is 0 Å². The molecule has 2 heterocycles. The topological polar surface area (TPSA) is 56.7 Å². The van der Waals surface area contributed by atoms with Crippen LogP contribution in [0.2, 0.25) is 0 Å². The molecule has 0 aliphatic carbocycles. The number of nitrogens with zero attached hydrogens (tertiary/aromatic N) is 3. The normalized spacial score (nSPS) is 16.3. The van der Waals surface area contributed by atoms with Crippen molar-refractivity contribution >= 4 is 27.7 Å². The molecule has 0 bridgehead atoms. The van der Waals surface area contributed by atoms with Crippen LogP contribution in [0.15, 0.2) is 32.7 Å². The summed E-state index contributed by atoms with van der Waals surface area (Å²) >= 11 is 5.21. The maximum atomic E-state index is 6.08. The van der Waals surface area contributed by atoms with E-state index in [1.807, 2.05) is 13.0 Å². The van der Waals surface area contributed by atoms with Crippen LogP contribution in [0.1, 0.15) is 43.6 Å². The SMILES string of the molecule is CC(N)c1ccc(Br)cc1Sc1nnc2n1CCCCC2. The zero-order chi connectivity index (χ0) is 14.8. The highest BCUT2D eigenvalue weighted by atomic mass is 79.9. The lowest BCUT2D eigenvalue weighted by Crippen LogP contribution is -2.07. The molecule has 0 amide bonds. The summed E-state index contributed by atoms with van der Waals surface area (Å²) in [6, 6.07) is 6.23. The zero-order valence-corrected chi connectivity index (χ0v) is 14.5. The van der Waals surface area contributed by atoms with Crippen LogP contribution in [-0.2, 0) is 13.0 Å². The fourth-order valence-corrected chi connectivity index (χ4v) is 4.26. The van der Waals surface area contributed by atoms with Gasteiger partial charge in [0, 0.05) is 28.4 Å². The molecular formula is C15H19BrN4S. The van der Waals surface area contributed by atoms with Crippen LogP contribution in [-0.4, -0.2) is 14.8 Å². The fraction of sp³-hybridized carbons (Fsp3) is 0.467. The first kappa shape index (κ1) is 15.1. The summed E-state index contributed by atoms with van der Waals surface area (Å²) in [6.07, 6.45) is 4.73. The summed E-state index contributed by atoms with van der Waals surface area (Å²) in [5.74, 6) is 1.12. The molecule has 3 rings (SSSR count). The van der Waals surface area contributed by atoms with Crippen molar-refractivity contribution in [1.82, 2.24) is 14.8 Å². The Hall–Kier alpha value is -0.850. The predicted molar refractivity (Wildman–Crippen MR) is 88.4 cm³/mol. The molecule has 21 heavy (non-hydrogen) atoms. The number of hydrogen-bond acceptors (Lipinski definition) is 4. The minimum atomic E-state index is 0.00660. The Labute approximate surface area is 137 Å². The lowest BCUT2D eigenvalue weighted by atomic mass is 10.1. The molecule has 6 heteroatoms. The van der Waals surface area contributed by atoms with E-state index in [1.54, 1.807) is 11.8 Å². The van der Waals surface area contributed by atoms with Gasteiger partial charge >= 0.3 is 0 Å². The van der Waals surface area contributed by atoms with Gasteiger partial charge in [-0.05, 0) is 49.2 Å². The smallest absolute Gasteiger partial charge is 0.196 e. The van der Waals surface area contributed by atoms with Gasteiger partial charge < -0.3 is 10.3 Å². The summed E-state index contributed by atoms with van der Waals surface area (Å²) in [5.41, 5.74) is 7.23. The number of rotatable bonds is 3. The third-order valence-electron chi connectivity index (χ3n) is 3.74. The van der Waals surface area contributed by atoms with Gasteiger partial charge in [0.2, 0.25) is 0 Å². The molecule has 2 N–H and O–H groups in total. The summed E-state index contributed by atoms with van der Waals surface area (Å²) in [4.78, 5) is 1.15. The van der Waals surface area contributed by atoms with Crippen LogP contribution >= 0.6 is 27.7 Å². The Kier molecular flexibility index (Phi) is 4.66. The third-order valence-corrected chi connectivity index (χ3v) is 5.29. The van der Waals surface area contributed by atoms with E-state index in [9.17, 15) is 0 Å². The molecule has 1 unspecified atom stereocenters. The van der Waals surface area contributed by atoms with Gasteiger partial charge in [-0.25, -0.2) is 0 Å². The van der Waals surface area contributed by atoms with E-state index in [-0.39, 0.29) is 6.04 Å². The van der Waals surface area contributed by atoms with E-state index in [4.69, 9.17) is 5.73 Å². The van der Waals surface area contributed by atoms with Gasteiger partial charge in [0.05, 0.1) is 0 Å². The molecule has 1 aromatic heterocycles. The summed E-state index contributed by atoms with van der Waals surface area (Å²) in [7, 11) is 0. The molecule has 0 spiro atoms. The average molecular weight is 367 g/mol. The van der Waals surface area contributed by atoms with E-state index < -0.39 is 0 Å². The van der Waals surface area contributed by atoms with Crippen molar-refractivity contribution in [3.05, 3.63) is 34.1 Å². The molecule has 0 radical (unpaired) electrons. The molecule has 0 saturated carbocycles. The van der Waals surface area contributed by atoms with Crippen molar-refractivity contribution < 1.29 is 0 Å². The molecule has 0 fully saturated rings. The van der Waals surface area contributed by atoms with E-state index in [0.29, 0.717) is 0 Å². The Morgan fingerprint density at radius 1 is 1.29 bits per heavy atom. The van der Waals surface area contributed by atoms with Gasteiger partial charge in [-0.3, -0.25) is 0 Å². The van der Waals surface area contributed by atoms with E-state index in [2.05, 4.69) is 42.8 Å². The number of fused-ring (bicyclic) bond motifs is 1. The summed E-state index contributed by atoms with van der Waals surface area (Å²) in [6.45, 7) is 3.03. The quantitative estimate of drug-likeness (QED) is 0.893. The van der Waals surface area contributed by atoms with E-state index in [1.165, 1.54) is 19.3 Å². The summed E-state index contributed by atoms with van der Waals surface area (Å²) in [5, 5.41) is 9.72. The number of aryl methyl sites for hydroxylation is 1. The zero-order valence-electron chi connectivity index (χ0n) is 12.1. The molecular weight excluding hydrogens is 348 g/mol. The van der Waals surface area contributed by atoms with Gasteiger partial charge in [-0.1, -0.05) is 28.4 Å².